The van der Waals surface area contributed by atoms with E-state index in [1.807, 2.05) is 12.1 Å². The second-order valence-electron chi connectivity index (χ2n) is 2.96. The average Bonchev–Trinajstić information content (AvgIpc) is 2.18. The topological polar surface area (TPSA) is 12.0 Å². The Balaban J connectivity index is 2.45. The van der Waals surface area contributed by atoms with Gasteiger partial charge in [-0.25, -0.2) is 0 Å². The normalized spacial score (nSPS) is 10.5. The zero-order valence-corrected chi connectivity index (χ0v) is 9.96. The predicted octanol–water partition coefficient (Wildman–Crippen LogP) is 3.71. The van der Waals surface area contributed by atoms with E-state index in [0.717, 1.165) is 30.1 Å². The highest BCUT2D eigenvalue weighted by molar-refractivity contribution is 6.33. The molecule has 0 aliphatic heterocycles. The molecule has 0 aliphatic carbocycles. The Morgan fingerprint density at radius 3 is 2.71 bits per heavy atom. The molecule has 78 valence electrons. The molecule has 0 bridgehead atoms. The minimum Gasteiger partial charge on any atom is -0.313 e. The highest BCUT2D eigenvalue weighted by atomic mass is 35.5. The molecule has 0 spiro atoms. The van der Waals surface area contributed by atoms with E-state index in [4.69, 9.17) is 34.8 Å². The summed E-state index contributed by atoms with van der Waals surface area (Å²) in [4.78, 5) is 0. The van der Waals surface area contributed by atoms with Crippen LogP contribution in [0.15, 0.2) is 18.2 Å². The average molecular weight is 253 g/mol. The Morgan fingerprint density at radius 1 is 1.21 bits per heavy atom. The minimum absolute atomic E-state index is 0.677. The lowest BCUT2D eigenvalue weighted by Crippen LogP contribution is -2.15. The fraction of sp³-hybridized carbons (Fsp3) is 0.400. The van der Waals surface area contributed by atoms with E-state index < -0.39 is 0 Å². The number of halogens is 3. The van der Waals surface area contributed by atoms with Gasteiger partial charge in [-0.2, -0.15) is 0 Å². The third-order valence-corrected chi connectivity index (χ3v) is 2.68. The van der Waals surface area contributed by atoms with Gasteiger partial charge in [0.2, 0.25) is 0 Å². The molecule has 0 heterocycles. The monoisotopic (exact) mass is 251 g/mol. The Kier molecular flexibility index (Phi) is 5.64. The smallest absolute Gasteiger partial charge is 0.0451 e. The van der Waals surface area contributed by atoms with E-state index in [9.17, 15) is 0 Å². The van der Waals surface area contributed by atoms with Gasteiger partial charge < -0.3 is 5.32 Å². The molecular weight excluding hydrogens is 240 g/mol. The van der Waals surface area contributed by atoms with Crippen molar-refractivity contribution in [2.75, 3.05) is 12.4 Å². The summed E-state index contributed by atoms with van der Waals surface area (Å²) < 4.78 is 0. The van der Waals surface area contributed by atoms with Gasteiger partial charge in [0, 0.05) is 22.5 Å². The van der Waals surface area contributed by atoms with Crippen molar-refractivity contribution < 1.29 is 0 Å². The number of hydrogen-bond acceptors (Lipinski definition) is 1. The van der Waals surface area contributed by atoms with Gasteiger partial charge in [0.25, 0.3) is 0 Å². The molecule has 14 heavy (non-hydrogen) atoms. The molecule has 0 atom stereocenters. The van der Waals surface area contributed by atoms with Crippen LogP contribution in [-0.4, -0.2) is 12.4 Å². The van der Waals surface area contributed by atoms with Crippen molar-refractivity contribution in [1.29, 1.82) is 0 Å². The molecule has 0 aliphatic rings. The van der Waals surface area contributed by atoms with Gasteiger partial charge >= 0.3 is 0 Å². The molecule has 1 rings (SSSR count). The van der Waals surface area contributed by atoms with E-state index in [0.29, 0.717) is 10.9 Å². The maximum Gasteiger partial charge on any atom is 0.0451 e. The summed E-state index contributed by atoms with van der Waals surface area (Å²) in [5, 5.41) is 4.70. The fourth-order valence-electron chi connectivity index (χ4n) is 1.09. The molecule has 1 aromatic carbocycles. The summed E-state index contributed by atoms with van der Waals surface area (Å²) in [6, 6.07) is 5.46. The molecule has 0 fully saturated rings. The van der Waals surface area contributed by atoms with Crippen molar-refractivity contribution >= 4 is 34.8 Å². The van der Waals surface area contributed by atoms with Crippen LogP contribution in [0.5, 0.6) is 0 Å². The lowest BCUT2D eigenvalue weighted by Gasteiger charge is -2.06. The Bertz CT molecular complexity index is 289. The number of alkyl halides is 1. The maximum atomic E-state index is 5.98. The fourth-order valence-corrected chi connectivity index (χ4v) is 1.61. The predicted molar refractivity (Wildman–Crippen MR) is 63.5 cm³/mol. The first-order chi connectivity index (χ1) is 6.74. The molecule has 0 amide bonds. The van der Waals surface area contributed by atoms with Gasteiger partial charge in [-0.3, -0.25) is 0 Å². The van der Waals surface area contributed by atoms with Crippen molar-refractivity contribution in [3.8, 4) is 0 Å². The molecule has 1 aromatic rings. The van der Waals surface area contributed by atoms with E-state index in [2.05, 4.69) is 5.32 Å². The molecule has 4 heteroatoms. The first-order valence-corrected chi connectivity index (χ1v) is 5.73. The van der Waals surface area contributed by atoms with Gasteiger partial charge in [0.05, 0.1) is 0 Å². The summed E-state index contributed by atoms with van der Waals surface area (Å²) in [5.41, 5.74) is 1.02. The van der Waals surface area contributed by atoms with Crippen molar-refractivity contribution in [2.45, 2.75) is 13.0 Å². The van der Waals surface area contributed by atoms with Crippen LogP contribution in [-0.2, 0) is 6.54 Å². The SMILES string of the molecule is ClCCCNCc1cc(Cl)ccc1Cl. The first kappa shape index (κ1) is 12.1. The Morgan fingerprint density at radius 2 is 2.00 bits per heavy atom. The van der Waals surface area contributed by atoms with Crippen molar-refractivity contribution in [3.05, 3.63) is 33.8 Å². The van der Waals surface area contributed by atoms with Crippen molar-refractivity contribution in [2.24, 2.45) is 0 Å². The van der Waals surface area contributed by atoms with Crippen LogP contribution < -0.4 is 5.32 Å². The summed E-state index contributed by atoms with van der Waals surface area (Å²) in [6.07, 6.45) is 0.958. The zero-order chi connectivity index (χ0) is 10.4. The van der Waals surface area contributed by atoms with Crippen LogP contribution in [0.2, 0.25) is 10.0 Å². The van der Waals surface area contributed by atoms with E-state index in [1.54, 1.807) is 6.07 Å². The lowest BCUT2D eigenvalue weighted by atomic mass is 10.2. The highest BCUT2D eigenvalue weighted by Gasteiger charge is 2.00. The summed E-state index contributed by atoms with van der Waals surface area (Å²) in [5.74, 6) is 0.677. The van der Waals surface area contributed by atoms with Crippen LogP contribution >= 0.6 is 34.8 Å². The van der Waals surface area contributed by atoms with Crippen LogP contribution in [0.3, 0.4) is 0 Å². The van der Waals surface area contributed by atoms with Crippen LogP contribution in [0.1, 0.15) is 12.0 Å². The minimum atomic E-state index is 0.677. The van der Waals surface area contributed by atoms with Gasteiger partial charge in [0.15, 0.2) is 0 Å². The first-order valence-electron chi connectivity index (χ1n) is 4.44. The lowest BCUT2D eigenvalue weighted by molar-refractivity contribution is 0.678. The van der Waals surface area contributed by atoms with Crippen molar-refractivity contribution in [3.63, 3.8) is 0 Å². The molecule has 1 nitrogen and oxygen atoms in total. The molecule has 0 unspecified atom stereocenters. The molecule has 1 N–H and O–H groups in total. The van der Waals surface area contributed by atoms with Gasteiger partial charge in [-0.05, 0) is 36.7 Å². The highest BCUT2D eigenvalue weighted by Crippen LogP contribution is 2.20. The molecule has 0 saturated carbocycles. The number of hydrogen-bond donors (Lipinski definition) is 1. The summed E-state index contributed by atoms with van der Waals surface area (Å²) >= 11 is 17.4. The molecular formula is C10H12Cl3N. The number of rotatable bonds is 5. The Hall–Kier alpha value is 0.0500. The van der Waals surface area contributed by atoms with E-state index in [-0.39, 0.29) is 0 Å². The molecule has 0 saturated heterocycles. The quantitative estimate of drug-likeness (QED) is 0.622. The Labute approximate surface area is 99.4 Å². The number of benzene rings is 1. The third-order valence-electron chi connectivity index (χ3n) is 1.81. The van der Waals surface area contributed by atoms with Crippen molar-refractivity contribution in [1.82, 2.24) is 5.32 Å². The number of nitrogens with one attached hydrogen (secondary N) is 1. The summed E-state index contributed by atoms with van der Waals surface area (Å²) in [7, 11) is 0. The van der Waals surface area contributed by atoms with Crippen LogP contribution in [0.4, 0.5) is 0 Å². The van der Waals surface area contributed by atoms with E-state index >= 15 is 0 Å². The maximum absolute atomic E-state index is 5.98. The molecule has 0 radical (unpaired) electrons. The largest absolute Gasteiger partial charge is 0.313 e. The van der Waals surface area contributed by atoms with Crippen LogP contribution in [0, 0.1) is 0 Å². The molecule has 0 aromatic heterocycles. The van der Waals surface area contributed by atoms with Gasteiger partial charge in [-0.1, -0.05) is 23.2 Å². The third kappa shape index (κ3) is 4.05. The second-order valence-corrected chi connectivity index (χ2v) is 4.18. The van der Waals surface area contributed by atoms with Gasteiger partial charge in [-0.15, -0.1) is 11.6 Å². The standard InChI is InChI=1S/C10H12Cl3N/c11-4-1-5-14-7-8-6-9(12)2-3-10(8)13/h2-3,6,14H,1,4-5,7H2. The van der Waals surface area contributed by atoms with E-state index in [1.165, 1.54) is 0 Å². The second kappa shape index (κ2) is 6.52. The zero-order valence-electron chi connectivity index (χ0n) is 7.69. The van der Waals surface area contributed by atoms with Crippen LogP contribution in [0.25, 0.3) is 0 Å². The summed E-state index contributed by atoms with van der Waals surface area (Å²) in [6.45, 7) is 1.63. The van der Waals surface area contributed by atoms with Gasteiger partial charge in [0.1, 0.15) is 0 Å².